The van der Waals surface area contributed by atoms with Gasteiger partial charge in [-0.1, -0.05) is 12.1 Å². The zero-order chi connectivity index (χ0) is 19.6. The van der Waals surface area contributed by atoms with Gasteiger partial charge in [-0.25, -0.2) is 14.1 Å². The maximum atomic E-state index is 13.2. The van der Waals surface area contributed by atoms with E-state index in [1.54, 1.807) is 13.0 Å². The Kier molecular flexibility index (Phi) is 4.93. The molecule has 2 heterocycles. The van der Waals surface area contributed by atoms with Gasteiger partial charge in [0.1, 0.15) is 5.82 Å². The summed E-state index contributed by atoms with van der Waals surface area (Å²) in [6.07, 6.45) is -2.47. The molecule has 1 amide bonds. The van der Waals surface area contributed by atoms with E-state index in [0.717, 1.165) is 6.07 Å². The lowest BCUT2D eigenvalue weighted by Gasteiger charge is -2.08. The minimum absolute atomic E-state index is 0.125. The van der Waals surface area contributed by atoms with E-state index in [2.05, 4.69) is 15.4 Å². The minimum Gasteiger partial charge on any atom is -0.348 e. The van der Waals surface area contributed by atoms with Crippen LogP contribution in [0.25, 0.3) is 5.82 Å². The van der Waals surface area contributed by atoms with Crippen molar-refractivity contribution in [2.24, 2.45) is 0 Å². The topological polar surface area (TPSA) is 59.8 Å². The first-order valence-corrected chi connectivity index (χ1v) is 7.86. The molecule has 0 spiro atoms. The van der Waals surface area contributed by atoms with Gasteiger partial charge in [-0.05, 0) is 36.8 Å². The largest absolute Gasteiger partial charge is 0.417 e. The van der Waals surface area contributed by atoms with Crippen molar-refractivity contribution in [3.05, 3.63) is 77.0 Å². The maximum Gasteiger partial charge on any atom is 0.417 e. The number of amides is 1. The number of hydrogen-bond acceptors (Lipinski definition) is 3. The van der Waals surface area contributed by atoms with Gasteiger partial charge in [0.25, 0.3) is 5.91 Å². The average Bonchev–Trinajstić information content (AvgIpc) is 3.01. The molecule has 0 atom stereocenters. The number of carbonyl (C=O) groups is 1. The highest BCUT2D eigenvalue weighted by Crippen LogP contribution is 2.28. The van der Waals surface area contributed by atoms with E-state index in [4.69, 9.17) is 0 Å². The molecule has 0 bridgehead atoms. The van der Waals surface area contributed by atoms with Gasteiger partial charge in [-0.3, -0.25) is 4.79 Å². The Hall–Kier alpha value is -3.23. The Morgan fingerprint density at radius 2 is 1.96 bits per heavy atom. The molecule has 27 heavy (non-hydrogen) atoms. The van der Waals surface area contributed by atoms with Gasteiger partial charge in [0.05, 0.1) is 23.0 Å². The molecular weight excluding hydrogens is 364 g/mol. The molecule has 3 aromatic rings. The minimum atomic E-state index is -4.48. The van der Waals surface area contributed by atoms with Gasteiger partial charge in [0, 0.05) is 12.7 Å². The third-order valence-corrected chi connectivity index (χ3v) is 3.89. The van der Waals surface area contributed by atoms with Crippen molar-refractivity contribution in [1.82, 2.24) is 20.1 Å². The van der Waals surface area contributed by atoms with E-state index in [1.165, 1.54) is 35.1 Å². The van der Waals surface area contributed by atoms with E-state index in [0.29, 0.717) is 17.5 Å². The van der Waals surface area contributed by atoms with Crippen LogP contribution < -0.4 is 5.32 Å². The first-order chi connectivity index (χ1) is 12.8. The van der Waals surface area contributed by atoms with Crippen LogP contribution in [0.5, 0.6) is 0 Å². The Bertz CT molecular complexity index is 964. The molecule has 0 unspecified atom stereocenters. The lowest BCUT2D eigenvalue weighted by atomic mass is 10.2. The lowest BCUT2D eigenvalue weighted by Crippen LogP contribution is -2.23. The van der Waals surface area contributed by atoms with Crippen LogP contribution in [0.3, 0.4) is 0 Å². The Labute approximate surface area is 151 Å². The number of nitrogens with zero attached hydrogens (tertiary/aromatic N) is 3. The highest BCUT2D eigenvalue weighted by atomic mass is 19.4. The lowest BCUT2D eigenvalue weighted by molar-refractivity contribution is -0.137. The van der Waals surface area contributed by atoms with E-state index in [1.807, 2.05) is 0 Å². The number of nitrogens with one attached hydrogen (secondary N) is 1. The van der Waals surface area contributed by atoms with Crippen LogP contribution >= 0.6 is 0 Å². The number of aromatic nitrogens is 3. The molecule has 3 rings (SSSR count). The number of rotatable bonds is 4. The van der Waals surface area contributed by atoms with Crippen molar-refractivity contribution in [3.63, 3.8) is 0 Å². The Morgan fingerprint density at radius 1 is 1.19 bits per heavy atom. The van der Waals surface area contributed by atoms with E-state index in [-0.39, 0.29) is 17.9 Å². The van der Waals surface area contributed by atoms with E-state index in [9.17, 15) is 22.4 Å². The van der Waals surface area contributed by atoms with Crippen LogP contribution in [0.15, 0.2) is 48.8 Å². The molecule has 0 aliphatic rings. The Morgan fingerprint density at radius 3 is 2.59 bits per heavy atom. The van der Waals surface area contributed by atoms with E-state index < -0.39 is 23.5 Å². The van der Waals surface area contributed by atoms with Crippen LogP contribution in [0.4, 0.5) is 17.6 Å². The number of benzene rings is 1. The van der Waals surface area contributed by atoms with Crippen molar-refractivity contribution in [2.45, 2.75) is 19.6 Å². The van der Waals surface area contributed by atoms with Crippen LogP contribution in [-0.4, -0.2) is 20.7 Å². The first kappa shape index (κ1) is 18.6. The van der Waals surface area contributed by atoms with Gasteiger partial charge >= 0.3 is 6.18 Å². The van der Waals surface area contributed by atoms with Crippen LogP contribution in [-0.2, 0) is 12.7 Å². The number of halogens is 4. The predicted octanol–water partition coefficient (Wildman–Crippen LogP) is 3.66. The smallest absolute Gasteiger partial charge is 0.348 e. The summed E-state index contributed by atoms with van der Waals surface area (Å²) in [6.45, 7) is 1.73. The highest BCUT2D eigenvalue weighted by Gasteiger charge is 2.30. The number of hydrogen-bond donors (Lipinski definition) is 1. The average molecular weight is 378 g/mol. The zero-order valence-corrected chi connectivity index (χ0v) is 14.1. The third-order valence-electron chi connectivity index (χ3n) is 3.89. The van der Waals surface area contributed by atoms with Crippen molar-refractivity contribution in [3.8, 4) is 5.82 Å². The molecule has 0 radical (unpaired) electrons. The molecule has 0 saturated heterocycles. The summed E-state index contributed by atoms with van der Waals surface area (Å²) in [5.74, 6) is -0.682. The standard InChI is InChI=1S/C18H14F4N4O/c1-11-15(17(27)24-8-12-3-2-4-14(19)7-12)10-25-26(11)16-6-5-13(9-23-16)18(20,21)22/h2-7,9-10H,8H2,1H3,(H,24,27). The quantitative estimate of drug-likeness (QED) is 0.705. The summed E-state index contributed by atoms with van der Waals surface area (Å²) in [6, 6.07) is 7.89. The van der Waals surface area contributed by atoms with Crippen LogP contribution in [0.2, 0.25) is 0 Å². The fourth-order valence-electron chi connectivity index (χ4n) is 2.47. The monoisotopic (exact) mass is 378 g/mol. The first-order valence-electron chi connectivity index (χ1n) is 7.86. The number of alkyl halides is 3. The van der Waals surface area contributed by atoms with Gasteiger partial charge in [-0.15, -0.1) is 0 Å². The van der Waals surface area contributed by atoms with Gasteiger partial charge in [0.15, 0.2) is 5.82 Å². The highest BCUT2D eigenvalue weighted by molar-refractivity contribution is 5.95. The second-order valence-corrected chi connectivity index (χ2v) is 5.77. The van der Waals surface area contributed by atoms with Crippen molar-refractivity contribution >= 4 is 5.91 Å². The fourth-order valence-corrected chi connectivity index (χ4v) is 2.47. The maximum absolute atomic E-state index is 13.2. The van der Waals surface area contributed by atoms with Crippen molar-refractivity contribution < 1.29 is 22.4 Å². The van der Waals surface area contributed by atoms with Crippen LogP contribution in [0, 0.1) is 12.7 Å². The molecule has 9 heteroatoms. The number of pyridine rings is 1. The molecule has 0 saturated carbocycles. The van der Waals surface area contributed by atoms with E-state index >= 15 is 0 Å². The van der Waals surface area contributed by atoms with Crippen LogP contribution in [0.1, 0.15) is 27.2 Å². The fraction of sp³-hybridized carbons (Fsp3) is 0.167. The second kappa shape index (κ2) is 7.18. The molecule has 140 valence electrons. The SMILES string of the molecule is Cc1c(C(=O)NCc2cccc(F)c2)cnn1-c1ccc(C(F)(F)F)cn1. The number of carbonyl (C=O) groups excluding carboxylic acids is 1. The van der Waals surface area contributed by atoms with Crippen molar-refractivity contribution in [2.75, 3.05) is 0 Å². The Balaban J connectivity index is 1.75. The summed E-state index contributed by atoms with van der Waals surface area (Å²) in [4.78, 5) is 16.1. The summed E-state index contributed by atoms with van der Waals surface area (Å²) >= 11 is 0. The normalized spacial score (nSPS) is 11.4. The molecule has 1 N–H and O–H groups in total. The summed E-state index contributed by atoms with van der Waals surface area (Å²) in [5.41, 5.74) is 0.383. The van der Waals surface area contributed by atoms with Crippen molar-refractivity contribution in [1.29, 1.82) is 0 Å². The molecule has 0 fully saturated rings. The second-order valence-electron chi connectivity index (χ2n) is 5.77. The molecule has 5 nitrogen and oxygen atoms in total. The van der Waals surface area contributed by atoms with Gasteiger partial charge < -0.3 is 5.32 Å². The summed E-state index contributed by atoms with van der Waals surface area (Å²) < 4.78 is 52.3. The molecule has 1 aromatic carbocycles. The van der Waals surface area contributed by atoms with Gasteiger partial charge in [-0.2, -0.15) is 18.3 Å². The predicted molar refractivity (Wildman–Crippen MR) is 88.7 cm³/mol. The summed E-state index contributed by atoms with van der Waals surface area (Å²) in [7, 11) is 0. The third kappa shape index (κ3) is 4.13. The summed E-state index contributed by atoms with van der Waals surface area (Å²) in [5, 5.41) is 6.67. The molecular formula is C18H14F4N4O. The molecule has 2 aromatic heterocycles. The van der Waals surface area contributed by atoms with Gasteiger partial charge in [0.2, 0.25) is 0 Å². The molecule has 0 aliphatic carbocycles. The molecule has 0 aliphatic heterocycles. The zero-order valence-electron chi connectivity index (χ0n) is 14.1.